The second-order valence-corrected chi connectivity index (χ2v) is 7.01. The van der Waals surface area contributed by atoms with E-state index in [1.165, 1.54) is 48.5 Å². The lowest BCUT2D eigenvalue weighted by atomic mass is 10.3. The Morgan fingerprint density at radius 3 is 1.35 bits per heavy atom. The topological polar surface area (TPSA) is 17.1 Å². The van der Waals surface area contributed by atoms with Gasteiger partial charge in [-0.3, -0.25) is 4.57 Å². The van der Waals surface area contributed by atoms with Crippen molar-refractivity contribution in [1.29, 1.82) is 0 Å². The highest BCUT2D eigenvalue weighted by molar-refractivity contribution is 8.00. The summed E-state index contributed by atoms with van der Waals surface area (Å²) >= 11 is 6.00. The van der Waals surface area contributed by atoms with Gasteiger partial charge >= 0.3 is 0 Å². The average Bonchev–Trinajstić information content (AvgIpc) is 2.30. The quantitative estimate of drug-likeness (QED) is 0.766. The summed E-state index contributed by atoms with van der Waals surface area (Å²) in [6, 6.07) is 10.2. The maximum Gasteiger partial charge on any atom is 0.225 e. The zero-order chi connectivity index (χ0) is 12.5. The maximum atomic E-state index is 12.7. The fourth-order valence-corrected chi connectivity index (χ4v) is 3.45. The van der Waals surface area contributed by atoms with E-state index >= 15 is 0 Å². The fraction of sp³-hybridized carbons (Fsp3) is 0. The molecule has 2 rings (SSSR count). The minimum atomic E-state index is -3.30. The van der Waals surface area contributed by atoms with Crippen LogP contribution in [0.4, 0.5) is 8.78 Å². The molecule has 0 spiro atoms. The van der Waals surface area contributed by atoms with E-state index in [4.69, 9.17) is 11.2 Å². The van der Waals surface area contributed by atoms with Crippen LogP contribution >= 0.6 is 17.7 Å². The molecule has 5 heteroatoms. The van der Waals surface area contributed by atoms with Crippen molar-refractivity contribution < 1.29 is 13.3 Å². The van der Waals surface area contributed by atoms with Crippen molar-refractivity contribution >= 4 is 28.3 Å². The summed E-state index contributed by atoms with van der Waals surface area (Å²) in [7, 11) is 0. The molecule has 0 unspecified atom stereocenters. The van der Waals surface area contributed by atoms with E-state index in [1.54, 1.807) is 0 Å². The Bertz CT molecular complexity index is 517. The van der Waals surface area contributed by atoms with Crippen molar-refractivity contribution in [1.82, 2.24) is 0 Å². The maximum absolute atomic E-state index is 12.7. The molecule has 0 amide bonds. The molecule has 0 heterocycles. The van der Waals surface area contributed by atoms with Crippen molar-refractivity contribution in [3.63, 3.8) is 0 Å². The van der Waals surface area contributed by atoms with Gasteiger partial charge in [0.25, 0.3) is 0 Å². The lowest BCUT2D eigenvalue weighted by molar-refractivity contribution is 0.595. The molecule has 0 aromatic heterocycles. The first-order valence-electron chi connectivity index (χ1n) is 4.82. The molecule has 0 fully saturated rings. The van der Waals surface area contributed by atoms with Crippen LogP contribution in [0.2, 0.25) is 0 Å². The van der Waals surface area contributed by atoms with E-state index in [-0.39, 0.29) is 0 Å². The Labute approximate surface area is 102 Å². The third kappa shape index (κ3) is 2.56. The largest absolute Gasteiger partial charge is 0.296 e. The summed E-state index contributed by atoms with van der Waals surface area (Å²) in [4.78, 5) is 0. The Balaban J connectivity index is 2.45. The molecule has 2 aromatic rings. The highest BCUT2D eigenvalue weighted by Crippen LogP contribution is 2.48. The van der Waals surface area contributed by atoms with Gasteiger partial charge in [0.15, 0.2) is 0 Å². The van der Waals surface area contributed by atoms with Gasteiger partial charge in [-0.1, -0.05) is 0 Å². The number of rotatable bonds is 2. The van der Waals surface area contributed by atoms with E-state index in [0.29, 0.717) is 10.6 Å². The van der Waals surface area contributed by atoms with Gasteiger partial charge in [0, 0.05) is 10.6 Å². The molecule has 0 saturated carbocycles. The lowest BCUT2D eigenvalue weighted by Crippen LogP contribution is -2.11. The van der Waals surface area contributed by atoms with E-state index < -0.39 is 18.1 Å². The fourth-order valence-electron chi connectivity index (χ4n) is 1.41. The van der Waals surface area contributed by atoms with Crippen molar-refractivity contribution in [3.8, 4) is 0 Å². The number of halogens is 3. The predicted molar refractivity (Wildman–Crippen MR) is 65.5 cm³/mol. The van der Waals surface area contributed by atoms with Gasteiger partial charge in [-0.15, -0.1) is 0 Å². The van der Waals surface area contributed by atoms with Crippen LogP contribution in [0.25, 0.3) is 0 Å². The summed E-state index contributed by atoms with van der Waals surface area (Å²) in [5.41, 5.74) is 0. The molecule has 0 radical (unpaired) electrons. The minimum Gasteiger partial charge on any atom is -0.296 e. The minimum absolute atomic E-state index is 0.326. The summed E-state index contributed by atoms with van der Waals surface area (Å²) < 4.78 is 37.9. The van der Waals surface area contributed by atoms with E-state index in [2.05, 4.69) is 0 Å². The van der Waals surface area contributed by atoms with Gasteiger partial charge in [-0.25, -0.2) is 8.78 Å². The summed E-state index contributed by atoms with van der Waals surface area (Å²) in [5, 5.41) is 0.652. The normalized spacial score (nSPS) is 11.5. The molecule has 0 N–H and O–H groups in total. The highest BCUT2D eigenvalue weighted by Gasteiger charge is 2.24. The van der Waals surface area contributed by atoms with E-state index in [9.17, 15) is 13.3 Å². The summed E-state index contributed by atoms with van der Waals surface area (Å²) in [6.07, 6.45) is 0. The van der Waals surface area contributed by atoms with Crippen LogP contribution < -0.4 is 10.6 Å². The Morgan fingerprint density at radius 2 is 1.06 bits per heavy atom. The average molecular weight is 273 g/mol. The zero-order valence-electron chi connectivity index (χ0n) is 8.61. The summed E-state index contributed by atoms with van der Waals surface area (Å²) in [6.45, 7) is -3.30. The van der Waals surface area contributed by atoms with Crippen LogP contribution in [-0.2, 0) is 4.57 Å². The molecular weight excluding hydrogens is 265 g/mol. The monoisotopic (exact) mass is 272 g/mol. The van der Waals surface area contributed by atoms with Crippen LogP contribution in [0, 0.1) is 11.6 Å². The van der Waals surface area contributed by atoms with Crippen molar-refractivity contribution in [3.05, 3.63) is 60.2 Å². The Kier molecular flexibility index (Phi) is 3.32. The molecular formula is C12H8ClF2OP. The van der Waals surface area contributed by atoms with E-state index in [0.717, 1.165) is 0 Å². The third-order valence-corrected chi connectivity index (χ3v) is 5.41. The molecule has 17 heavy (non-hydrogen) atoms. The van der Waals surface area contributed by atoms with Crippen LogP contribution in [0.15, 0.2) is 48.5 Å². The third-order valence-electron chi connectivity index (χ3n) is 2.32. The molecule has 0 aliphatic rings. The van der Waals surface area contributed by atoms with Crippen molar-refractivity contribution in [2.24, 2.45) is 0 Å². The zero-order valence-corrected chi connectivity index (χ0v) is 10.3. The van der Waals surface area contributed by atoms with E-state index in [1.807, 2.05) is 0 Å². The van der Waals surface area contributed by atoms with Crippen molar-refractivity contribution in [2.45, 2.75) is 0 Å². The standard InChI is InChI=1S/C12H8ClF2OP/c13-17(16,11-5-1-9(14)2-6-11)12-7-3-10(15)4-8-12/h1-8H. The molecule has 1 nitrogen and oxygen atoms in total. The van der Waals surface area contributed by atoms with Crippen LogP contribution in [0.5, 0.6) is 0 Å². The first-order chi connectivity index (χ1) is 8.00. The van der Waals surface area contributed by atoms with Gasteiger partial charge in [0.05, 0.1) is 0 Å². The molecule has 0 atom stereocenters. The van der Waals surface area contributed by atoms with Gasteiger partial charge < -0.3 is 0 Å². The number of hydrogen-bond donors (Lipinski definition) is 0. The van der Waals surface area contributed by atoms with Crippen LogP contribution in [0.3, 0.4) is 0 Å². The molecule has 0 aliphatic heterocycles. The Morgan fingerprint density at radius 1 is 0.765 bits per heavy atom. The summed E-state index contributed by atoms with van der Waals surface area (Å²) in [5.74, 6) is -0.853. The predicted octanol–water partition coefficient (Wildman–Crippen LogP) is 3.43. The van der Waals surface area contributed by atoms with Gasteiger partial charge in [0.2, 0.25) is 6.49 Å². The van der Waals surface area contributed by atoms with Gasteiger partial charge in [-0.2, -0.15) is 0 Å². The van der Waals surface area contributed by atoms with Gasteiger partial charge in [0.1, 0.15) is 11.6 Å². The van der Waals surface area contributed by atoms with Gasteiger partial charge in [-0.05, 0) is 59.8 Å². The SMILES string of the molecule is O=P(Cl)(c1ccc(F)cc1)c1ccc(F)cc1. The Hall–Kier alpha value is -1.18. The molecule has 0 aliphatic carbocycles. The number of hydrogen-bond acceptors (Lipinski definition) is 1. The second kappa shape index (κ2) is 4.59. The first-order valence-corrected chi connectivity index (χ1v) is 7.43. The number of benzene rings is 2. The molecule has 88 valence electrons. The van der Waals surface area contributed by atoms with Crippen LogP contribution in [0.1, 0.15) is 0 Å². The second-order valence-electron chi connectivity index (χ2n) is 3.49. The molecule has 0 saturated heterocycles. The van der Waals surface area contributed by atoms with Crippen molar-refractivity contribution in [2.75, 3.05) is 0 Å². The molecule has 2 aromatic carbocycles. The smallest absolute Gasteiger partial charge is 0.225 e. The first kappa shape index (κ1) is 12.3. The highest BCUT2D eigenvalue weighted by atomic mass is 35.7. The molecule has 0 bridgehead atoms. The lowest BCUT2D eigenvalue weighted by Gasteiger charge is -2.10. The van der Waals surface area contributed by atoms with Crippen LogP contribution in [-0.4, -0.2) is 0 Å².